The van der Waals surface area contributed by atoms with E-state index < -0.39 is 0 Å². The van der Waals surface area contributed by atoms with Crippen molar-refractivity contribution < 1.29 is 9.53 Å². The van der Waals surface area contributed by atoms with Gasteiger partial charge in [0.15, 0.2) is 0 Å². The number of rotatable bonds is 5. The highest BCUT2D eigenvalue weighted by Crippen LogP contribution is 2.29. The molecule has 2 heterocycles. The van der Waals surface area contributed by atoms with Gasteiger partial charge in [-0.05, 0) is 32.9 Å². The zero-order chi connectivity index (χ0) is 15.4. The van der Waals surface area contributed by atoms with Crippen LogP contribution in [0.15, 0.2) is 12.1 Å². The second kappa shape index (κ2) is 7.35. The van der Waals surface area contributed by atoms with Gasteiger partial charge in [-0.15, -0.1) is 11.3 Å². The van der Waals surface area contributed by atoms with Crippen LogP contribution in [0.2, 0.25) is 0 Å². The Bertz CT molecular complexity index is 475. The van der Waals surface area contributed by atoms with Crippen molar-refractivity contribution in [1.29, 1.82) is 0 Å². The topological polar surface area (TPSA) is 67.6 Å². The molecule has 1 saturated heterocycles. The van der Waals surface area contributed by atoms with Crippen LogP contribution in [-0.2, 0) is 9.53 Å². The number of hydrogen-bond acceptors (Lipinski definition) is 5. The van der Waals surface area contributed by atoms with E-state index in [4.69, 9.17) is 10.5 Å². The van der Waals surface area contributed by atoms with Gasteiger partial charge in [-0.1, -0.05) is 0 Å². The fourth-order valence-corrected chi connectivity index (χ4v) is 3.66. The van der Waals surface area contributed by atoms with E-state index in [1.807, 2.05) is 13.8 Å². The highest BCUT2D eigenvalue weighted by molar-refractivity contribution is 7.12. The standard InChI is InChI=1S/C15H25N3O2S/c1-10(2)17-15(19)13-9-20-7-6-18(13)12(8-16)14-5-4-11(3)21-14/h4-5,10,12-13H,6-9,16H2,1-3H3,(H,17,19). The molecule has 2 atom stereocenters. The molecule has 1 aromatic heterocycles. The van der Waals surface area contributed by atoms with Crippen LogP contribution in [0.5, 0.6) is 0 Å². The molecule has 0 aliphatic carbocycles. The highest BCUT2D eigenvalue weighted by Gasteiger charge is 2.35. The van der Waals surface area contributed by atoms with Crippen LogP contribution in [0.4, 0.5) is 0 Å². The van der Waals surface area contributed by atoms with Crippen molar-refractivity contribution in [2.45, 2.75) is 38.9 Å². The number of thiophene rings is 1. The normalized spacial score (nSPS) is 21.5. The summed E-state index contributed by atoms with van der Waals surface area (Å²) in [4.78, 5) is 17.1. The summed E-state index contributed by atoms with van der Waals surface area (Å²) in [6.45, 7) is 8.33. The molecule has 118 valence electrons. The Balaban J connectivity index is 2.18. The minimum Gasteiger partial charge on any atom is -0.378 e. The number of carbonyl (C=O) groups is 1. The van der Waals surface area contributed by atoms with E-state index in [0.717, 1.165) is 6.54 Å². The Kier molecular flexibility index (Phi) is 5.75. The van der Waals surface area contributed by atoms with E-state index in [9.17, 15) is 4.79 Å². The predicted octanol–water partition coefficient (Wildman–Crippen LogP) is 1.28. The molecule has 3 N–H and O–H groups in total. The van der Waals surface area contributed by atoms with Gasteiger partial charge in [-0.2, -0.15) is 0 Å². The summed E-state index contributed by atoms with van der Waals surface area (Å²) in [6.07, 6.45) is 0. The fourth-order valence-electron chi connectivity index (χ4n) is 2.64. The monoisotopic (exact) mass is 311 g/mol. The van der Waals surface area contributed by atoms with Crippen molar-refractivity contribution in [3.8, 4) is 0 Å². The van der Waals surface area contributed by atoms with Gasteiger partial charge in [0, 0.05) is 28.9 Å². The lowest BCUT2D eigenvalue weighted by Gasteiger charge is -2.39. The molecule has 0 aromatic carbocycles. The molecule has 0 spiro atoms. The number of amides is 1. The Hall–Kier alpha value is -0.950. The Morgan fingerprint density at radius 2 is 2.33 bits per heavy atom. The minimum atomic E-state index is -0.267. The van der Waals surface area contributed by atoms with Crippen LogP contribution in [0.3, 0.4) is 0 Å². The van der Waals surface area contributed by atoms with Crippen LogP contribution in [0, 0.1) is 6.92 Å². The first-order chi connectivity index (χ1) is 10.0. The Morgan fingerprint density at radius 1 is 1.57 bits per heavy atom. The van der Waals surface area contributed by atoms with E-state index in [2.05, 4.69) is 29.3 Å². The number of nitrogens with one attached hydrogen (secondary N) is 1. The summed E-state index contributed by atoms with van der Waals surface area (Å²) in [5.41, 5.74) is 6.00. The van der Waals surface area contributed by atoms with E-state index in [1.165, 1.54) is 9.75 Å². The van der Waals surface area contributed by atoms with Crippen molar-refractivity contribution in [3.63, 3.8) is 0 Å². The van der Waals surface area contributed by atoms with Crippen molar-refractivity contribution >= 4 is 17.2 Å². The molecule has 1 fully saturated rings. The van der Waals surface area contributed by atoms with Gasteiger partial charge >= 0.3 is 0 Å². The molecule has 6 heteroatoms. The van der Waals surface area contributed by atoms with Crippen LogP contribution < -0.4 is 11.1 Å². The maximum absolute atomic E-state index is 12.4. The number of hydrogen-bond donors (Lipinski definition) is 2. The third kappa shape index (κ3) is 4.03. The first-order valence-corrected chi connectivity index (χ1v) is 8.24. The molecular formula is C15H25N3O2S. The summed E-state index contributed by atoms with van der Waals surface area (Å²) >= 11 is 1.75. The predicted molar refractivity (Wildman–Crippen MR) is 85.4 cm³/mol. The summed E-state index contributed by atoms with van der Waals surface area (Å²) < 4.78 is 5.51. The highest BCUT2D eigenvalue weighted by atomic mass is 32.1. The van der Waals surface area contributed by atoms with Crippen LogP contribution in [0.25, 0.3) is 0 Å². The van der Waals surface area contributed by atoms with E-state index in [-0.39, 0.29) is 24.0 Å². The number of aryl methyl sites for hydroxylation is 1. The third-order valence-electron chi connectivity index (χ3n) is 3.62. The molecule has 1 aliphatic rings. The van der Waals surface area contributed by atoms with Gasteiger partial charge in [-0.25, -0.2) is 0 Å². The molecule has 1 aromatic rings. The quantitative estimate of drug-likeness (QED) is 0.860. The zero-order valence-corrected chi connectivity index (χ0v) is 13.8. The van der Waals surface area contributed by atoms with Crippen molar-refractivity contribution in [3.05, 3.63) is 21.9 Å². The number of morpholine rings is 1. The third-order valence-corrected chi connectivity index (χ3v) is 4.72. The lowest BCUT2D eigenvalue weighted by Crippen LogP contribution is -2.56. The van der Waals surface area contributed by atoms with Gasteiger partial charge < -0.3 is 15.8 Å². The summed E-state index contributed by atoms with van der Waals surface area (Å²) in [6, 6.07) is 4.16. The molecule has 0 bridgehead atoms. The average Bonchev–Trinajstić information content (AvgIpc) is 2.86. The summed E-state index contributed by atoms with van der Waals surface area (Å²) in [5.74, 6) is 0.0245. The van der Waals surface area contributed by atoms with E-state index >= 15 is 0 Å². The second-order valence-corrected chi connectivity index (χ2v) is 7.01. The molecule has 2 rings (SSSR count). The van der Waals surface area contributed by atoms with Crippen LogP contribution in [0.1, 0.15) is 29.6 Å². The second-order valence-electron chi connectivity index (χ2n) is 5.69. The van der Waals surface area contributed by atoms with Crippen LogP contribution in [-0.4, -0.2) is 49.2 Å². The molecule has 1 aliphatic heterocycles. The number of nitrogens with two attached hydrogens (primary N) is 1. The van der Waals surface area contributed by atoms with Gasteiger partial charge in [0.25, 0.3) is 0 Å². The lowest BCUT2D eigenvalue weighted by molar-refractivity contribution is -0.135. The first kappa shape index (κ1) is 16.4. The average molecular weight is 311 g/mol. The van der Waals surface area contributed by atoms with Crippen molar-refractivity contribution in [1.82, 2.24) is 10.2 Å². The smallest absolute Gasteiger partial charge is 0.239 e. The summed E-state index contributed by atoms with van der Waals surface area (Å²) in [7, 11) is 0. The van der Waals surface area contributed by atoms with Crippen molar-refractivity contribution in [2.75, 3.05) is 26.3 Å². The first-order valence-electron chi connectivity index (χ1n) is 7.43. The summed E-state index contributed by atoms with van der Waals surface area (Å²) in [5, 5.41) is 2.98. The van der Waals surface area contributed by atoms with Gasteiger partial charge in [0.05, 0.1) is 19.3 Å². The minimum absolute atomic E-state index is 0.0245. The van der Waals surface area contributed by atoms with Gasteiger partial charge in [-0.3, -0.25) is 9.69 Å². The largest absolute Gasteiger partial charge is 0.378 e. The molecule has 1 amide bonds. The van der Waals surface area contributed by atoms with E-state index in [0.29, 0.717) is 19.8 Å². The molecule has 21 heavy (non-hydrogen) atoms. The molecule has 0 saturated carbocycles. The SMILES string of the molecule is Cc1ccc(C(CN)N2CCOCC2C(=O)NC(C)C)s1. The molecule has 2 unspecified atom stereocenters. The molecule has 5 nitrogen and oxygen atoms in total. The fraction of sp³-hybridized carbons (Fsp3) is 0.667. The maximum atomic E-state index is 12.4. The zero-order valence-electron chi connectivity index (χ0n) is 13.0. The Morgan fingerprint density at radius 3 is 2.90 bits per heavy atom. The molecular weight excluding hydrogens is 286 g/mol. The number of nitrogens with zero attached hydrogens (tertiary/aromatic N) is 1. The number of ether oxygens (including phenoxy) is 1. The lowest BCUT2D eigenvalue weighted by atomic mass is 10.1. The Labute approximate surface area is 130 Å². The maximum Gasteiger partial charge on any atom is 0.239 e. The van der Waals surface area contributed by atoms with Crippen LogP contribution >= 0.6 is 11.3 Å². The molecule has 0 radical (unpaired) electrons. The van der Waals surface area contributed by atoms with Crippen molar-refractivity contribution in [2.24, 2.45) is 5.73 Å². The van der Waals surface area contributed by atoms with E-state index in [1.54, 1.807) is 11.3 Å². The van der Waals surface area contributed by atoms with Gasteiger partial charge in [0.1, 0.15) is 6.04 Å². The van der Waals surface area contributed by atoms with Gasteiger partial charge in [0.2, 0.25) is 5.91 Å². The number of carbonyl (C=O) groups excluding carboxylic acids is 1.